The highest BCUT2D eigenvalue weighted by atomic mass is 16.2. The number of aromatic nitrogens is 2. The topological polar surface area (TPSA) is 66.3 Å². The van der Waals surface area contributed by atoms with Crippen LogP contribution in [0.15, 0.2) is 18.5 Å². The van der Waals surface area contributed by atoms with Crippen LogP contribution in [0.25, 0.3) is 0 Å². The molecule has 1 aromatic heterocycles. The highest BCUT2D eigenvalue weighted by molar-refractivity contribution is 5.93. The number of carbonyl (C=O) groups is 1. The quantitative estimate of drug-likeness (QED) is 0.721. The molecule has 88 valence electrons. The fraction of sp³-hybridized carbons (Fsp3) is 0.545. The first kappa shape index (κ1) is 12.6. The summed E-state index contributed by atoms with van der Waals surface area (Å²) < 4.78 is 0. The standard InChI is InChI=1S/C11H17N3O2/c1-14(7-3-2-4-8-15)11(16)10-5-6-12-13-9-10/h5-6,9,15H,2-4,7-8H2,1H3. The number of nitrogens with zero attached hydrogens (tertiary/aromatic N) is 3. The number of carbonyl (C=O) groups excluding carboxylic acids is 1. The van der Waals surface area contributed by atoms with Gasteiger partial charge in [0.15, 0.2) is 0 Å². The number of hydrogen-bond donors (Lipinski definition) is 1. The molecule has 16 heavy (non-hydrogen) atoms. The molecule has 0 aliphatic carbocycles. The molecular formula is C11H17N3O2. The molecule has 0 radical (unpaired) electrons. The van der Waals surface area contributed by atoms with Gasteiger partial charge in [-0.3, -0.25) is 4.79 Å². The van der Waals surface area contributed by atoms with Crippen molar-refractivity contribution < 1.29 is 9.90 Å². The molecule has 0 aliphatic heterocycles. The summed E-state index contributed by atoms with van der Waals surface area (Å²) in [5.74, 6) is -0.0427. The summed E-state index contributed by atoms with van der Waals surface area (Å²) in [6, 6.07) is 1.65. The molecule has 1 heterocycles. The van der Waals surface area contributed by atoms with E-state index in [1.807, 2.05) is 0 Å². The van der Waals surface area contributed by atoms with Gasteiger partial charge in [0.2, 0.25) is 0 Å². The lowest BCUT2D eigenvalue weighted by atomic mass is 10.2. The Morgan fingerprint density at radius 1 is 1.38 bits per heavy atom. The third kappa shape index (κ3) is 3.94. The third-order valence-electron chi connectivity index (χ3n) is 2.33. The summed E-state index contributed by atoms with van der Waals surface area (Å²) in [6.45, 7) is 0.910. The van der Waals surface area contributed by atoms with Crippen LogP contribution in [0.5, 0.6) is 0 Å². The van der Waals surface area contributed by atoms with Gasteiger partial charge < -0.3 is 10.0 Å². The van der Waals surface area contributed by atoms with Crippen LogP contribution in [0.1, 0.15) is 29.6 Å². The molecule has 1 N–H and O–H groups in total. The number of amides is 1. The summed E-state index contributed by atoms with van der Waals surface area (Å²) in [5.41, 5.74) is 0.555. The summed E-state index contributed by atoms with van der Waals surface area (Å²) in [7, 11) is 1.77. The summed E-state index contributed by atoms with van der Waals surface area (Å²) >= 11 is 0. The fourth-order valence-corrected chi connectivity index (χ4v) is 1.38. The molecule has 0 aromatic carbocycles. The van der Waals surface area contributed by atoms with Crippen molar-refractivity contribution in [3.63, 3.8) is 0 Å². The van der Waals surface area contributed by atoms with Gasteiger partial charge in [0.25, 0.3) is 5.91 Å². The van der Waals surface area contributed by atoms with E-state index in [4.69, 9.17) is 5.11 Å². The van der Waals surface area contributed by atoms with Crippen LogP contribution in [0.4, 0.5) is 0 Å². The van der Waals surface area contributed by atoms with Crippen LogP contribution < -0.4 is 0 Å². The highest BCUT2D eigenvalue weighted by Gasteiger charge is 2.10. The normalized spacial score (nSPS) is 10.1. The zero-order valence-corrected chi connectivity index (χ0v) is 9.46. The van der Waals surface area contributed by atoms with Gasteiger partial charge in [-0.05, 0) is 25.3 Å². The number of unbranched alkanes of at least 4 members (excludes halogenated alkanes) is 2. The largest absolute Gasteiger partial charge is 0.396 e. The van der Waals surface area contributed by atoms with Crippen molar-refractivity contribution in [1.29, 1.82) is 0 Å². The predicted octanol–water partition coefficient (Wildman–Crippen LogP) is 0.711. The molecule has 0 fully saturated rings. The van der Waals surface area contributed by atoms with E-state index < -0.39 is 0 Å². The van der Waals surface area contributed by atoms with Crippen molar-refractivity contribution in [3.05, 3.63) is 24.0 Å². The molecule has 0 aliphatic rings. The lowest BCUT2D eigenvalue weighted by Crippen LogP contribution is -2.27. The zero-order chi connectivity index (χ0) is 11.8. The number of aliphatic hydroxyl groups excluding tert-OH is 1. The van der Waals surface area contributed by atoms with Crippen LogP contribution >= 0.6 is 0 Å². The zero-order valence-electron chi connectivity index (χ0n) is 9.46. The Morgan fingerprint density at radius 2 is 2.19 bits per heavy atom. The van der Waals surface area contributed by atoms with Crippen molar-refractivity contribution in [2.45, 2.75) is 19.3 Å². The van der Waals surface area contributed by atoms with E-state index in [9.17, 15) is 4.79 Å². The summed E-state index contributed by atoms with van der Waals surface area (Å²) in [6.07, 6.45) is 5.60. The van der Waals surface area contributed by atoms with Gasteiger partial charge in [0.1, 0.15) is 0 Å². The van der Waals surface area contributed by atoms with Gasteiger partial charge in [-0.2, -0.15) is 10.2 Å². The molecule has 1 rings (SSSR count). The number of hydrogen-bond acceptors (Lipinski definition) is 4. The molecule has 5 heteroatoms. The van der Waals surface area contributed by atoms with Crippen molar-refractivity contribution in [2.24, 2.45) is 0 Å². The molecule has 1 aromatic rings. The molecule has 0 spiro atoms. The van der Waals surface area contributed by atoms with Crippen molar-refractivity contribution in [3.8, 4) is 0 Å². The van der Waals surface area contributed by atoms with Crippen LogP contribution in [0.3, 0.4) is 0 Å². The monoisotopic (exact) mass is 223 g/mol. The Bertz CT molecular complexity index is 316. The van der Waals surface area contributed by atoms with Crippen molar-refractivity contribution in [1.82, 2.24) is 15.1 Å². The SMILES string of the molecule is CN(CCCCCO)C(=O)c1ccnnc1. The molecule has 1 amide bonds. The Morgan fingerprint density at radius 3 is 2.81 bits per heavy atom. The Hall–Kier alpha value is -1.49. The Balaban J connectivity index is 2.37. The molecule has 5 nitrogen and oxygen atoms in total. The van der Waals surface area contributed by atoms with E-state index >= 15 is 0 Å². The number of aliphatic hydroxyl groups is 1. The van der Waals surface area contributed by atoms with E-state index in [0.717, 1.165) is 19.3 Å². The van der Waals surface area contributed by atoms with Gasteiger partial charge in [0.05, 0.1) is 18.0 Å². The van der Waals surface area contributed by atoms with E-state index in [0.29, 0.717) is 12.1 Å². The van der Waals surface area contributed by atoms with Gasteiger partial charge in [-0.1, -0.05) is 0 Å². The minimum atomic E-state index is -0.0427. The van der Waals surface area contributed by atoms with E-state index in [-0.39, 0.29) is 12.5 Å². The third-order valence-corrected chi connectivity index (χ3v) is 2.33. The van der Waals surface area contributed by atoms with Gasteiger partial charge >= 0.3 is 0 Å². The minimum absolute atomic E-state index is 0.0427. The first-order valence-corrected chi connectivity index (χ1v) is 5.38. The molecular weight excluding hydrogens is 206 g/mol. The van der Waals surface area contributed by atoms with Gasteiger partial charge in [0, 0.05) is 20.2 Å². The van der Waals surface area contributed by atoms with Crippen LogP contribution in [0.2, 0.25) is 0 Å². The highest BCUT2D eigenvalue weighted by Crippen LogP contribution is 2.03. The van der Waals surface area contributed by atoms with Crippen LogP contribution in [-0.4, -0.2) is 46.3 Å². The maximum Gasteiger partial charge on any atom is 0.255 e. The van der Waals surface area contributed by atoms with Gasteiger partial charge in [-0.25, -0.2) is 0 Å². The maximum atomic E-state index is 11.8. The molecule has 0 bridgehead atoms. The summed E-state index contributed by atoms with van der Waals surface area (Å²) in [4.78, 5) is 13.5. The van der Waals surface area contributed by atoms with Gasteiger partial charge in [-0.15, -0.1) is 0 Å². The van der Waals surface area contributed by atoms with Crippen molar-refractivity contribution >= 4 is 5.91 Å². The first-order chi connectivity index (χ1) is 7.75. The second-order valence-corrected chi connectivity index (χ2v) is 3.64. The van der Waals surface area contributed by atoms with E-state index in [1.54, 1.807) is 18.0 Å². The van der Waals surface area contributed by atoms with Crippen LogP contribution in [-0.2, 0) is 0 Å². The average molecular weight is 223 g/mol. The molecule has 0 saturated heterocycles. The lowest BCUT2D eigenvalue weighted by Gasteiger charge is -2.16. The van der Waals surface area contributed by atoms with Crippen LogP contribution in [0, 0.1) is 0 Å². The Labute approximate surface area is 95.1 Å². The predicted molar refractivity (Wildman–Crippen MR) is 59.9 cm³/mol. The van der Waals surface area contributed by atoms with E-state index in [1.165, 1.54) is 12.4 Å². The second kappa shape index (κ2) is 6.90. The first-order valence-electron chi connectivity index (χ1n) is 5.38. The van der Waals surface area contributed by atoms with Crippen molar-refractivity contribution in [2.75, 3.05) is 20.2 Å². The minimum Gasteiger partial charge on any atom is -0.396 e. The lowest BCUT2D eigenvalue weighted by molar-refractivity contribution is 0.0791. The molecule has 0 atom stereocenters. The smallest absolute Gasteiger partial charge is 0.255 e. The second-order valence-electron chi connectivity index (χ2n) is 3.64. The molecule has 0 saturated carbocycles. The average Bonchev–Trinajstić information content (AvgIpc) is 2.34. The Kier molecular flexibility index (Phi) is 5.42. The maximum absolute atomic E-state index is 11.8. The number of rotatable bonds is 6. The van der Waals surface area contributed by atoms with E-state index in [2.05, 4.69) is 10.2 Å². The fourth-order valence-electron chi connectivity index (χ4n) is 1.38. The molecule has 0 unspecified atom stereocenters. The summed E-state index contributed by atoms with van der Waals surface area (Å²) in [5, 5.41) is 15.9.